The quantitative estimate of drug-likeness (QED) is 0.802. The Balaban J connectivity index is 1.43. The lowest BCUT2D eigenvalue weighted by Gasteiger charge is -2.21. The van der Waals surface area contributed by atoms with E-state index < -0.39 is 0 Å². The lowest BCUT2D eigenvalue weighted by molar-refractivity contribution is 0.0782. The number of aromatic nitrogens is 4. The maximum absolute atomic E-state index is 12.4. The van der Waals surface area contributed by atoms with Gasteiger partial charge in [0.1, 0.15) is 0 Å². The van der Waals surface area contributed by atoms with Crippen LogP contribution in [0, 0.1) is 11.8 Å². The summed E-state index contributed by atoms with van der Waals surface area (Å²) in [6.07, 6.45) is 6.62. The van der Waals surface area contributed by atoms with Crippen molar-refractivity contribution >= 4 is 11.9 Å². The third-order valence-electron chi connectivity index (χ3n) is 4.44. The first-order valence-electron chi connectivity index (χ1n) is 7.39. The van der Waals surface area contributed by atoms with Crippen molar-refractivity contribution in [2.24, 2.45) is 11.8 Å². The number of likely N-dealkylation sites (tertiary alicyclic amines) is 1. The van der Waals surface area contributed by atoms with Gasteiger partial charge in [-0.05, 0) is 12.1 Å². The van der Waals surface area contributed by atoms with Crippen LogP contribution in [0.4, 0.5) is 5.95 Å². The zero-order valence-electron chi connectivity index (χ0n) is 12.0. The maximum atomic E-state index is 12.4. The van der Waals surface area contributed by atoms with Crippen molar-refractivity contribution in [3.05, 3.63) is 42.5 Å². The van der Waals surface area contributed by atoms with Gasteiger partial charge in [0.25, 0.3) is 5.91 Å². The lowest BCUT2D eigenvalue weighted by Crippen LogP contribution is -2.33. The van der Waals surface area contributed by atoms with Crippen LogP contribution in [0.3, 0.4) is 0 Å². The molecule has 112 valence electrons. The Labute approximate surface area is 128 Å². The second-order valence-corrected chi connectivity index (χ2v) is 5.82. The van der Waals surface area contributed by atoms with E-state index >= 15 is 0 Å². The smallest absolute Gasteiger partial charge is 0.255 e. The van der Waals surface area contributed by atoms with Crippen LogP contribution >= 0.6 is 0 Å². The van der Waals surface area contributed by atoms with Crippen LogP contribution in [0.2, 0.25) is 0 Å². The number of amides is 1. The molecule has 22 heavy (non-hydrogen) atoms. The van der Waals surface area contributed by atoms with E-state index in [0.717, 1.165) is 32.1 Å². The summed E-state index contributed by atoms with van der Waals surface area (Å²) >= 11 is 0. The molecule has 2 saturated heterocycles. The SMILES string of the molecule is O=C(c1ccnnc1)N1C[C@H]2CN(c3ncccn3)C[C@@H]2C1. The highest BCUT2D eigenvalue weighted by atomic mass is 16.2. The zero-order chi connectivity index (χ0) is 14.9. The van der Waals surface area contributed by atoms with Crippen LogP contribution in [0.5, 0.6) is 0 Å². The van der Waals surface area contributed by atoms with Crippen LogP contribution in [0.25, 0.3) is 0 Å². The van der Waals surface area contributed by atoms with E-state index in [9.17, 15) is 4.79 Å². The van der Waals surface area contributed by atoms with E-state index in [4.69, 9.17) is 0 Å². The highest BCUT2D eigenvalue weighted by Gasteiger charge is 2.42. The molecule has 2 aliphatic heterocycles. The predicted molar refractivity (Wildman–Crippen MR) is 79.2 cm³/mol. The van der Waals surface area contributed by atoms with Crippen LogP contribution in [0.1, 0.15) is 10.4 Å². The highest BCUT2D eigenvalue weighted by molar-refractivity contribution is 5.94. The van der Waals surface area contributed by atoms with Gasteiger partial charge in [-0.3, -0.25) is 4.79 Å². The van der Waals surface area contributed by atoms with E-state index in [1.165, 1.54) is 6.20 Å². The molecule has 4 rings (SSSR count). The van der Waals surface area contributed by atoms with Crippen molar-refractivity contribution in [2.45, 2.75) is 0 Å². The number of hydrogen-bond acceptors (Lipinski definition) is 6. The fourth-order valence-electron chi connectivity index (χ4n) is 3.38. The molecular formula is C15H16N6O. The van der Waals surface area contributed by atoms with Crippen LogP contribution in [-0.2, 0) is 0 Å². The summed E-state index contributed by atoms with van der Waals surface area (Å²) in [4.78, 5) is 25.2. The molecule has 0 aromatic carbocycles. The molecule has 0 saturated carbocycles. The third-order valence-corrected chi connectivity index (χ3v) is 4.44. The lowest BCUT2D eigenvalue weighted by atomic mass is 10.0. The Morgan fingerprint density at radius 1 is 1.00 bits per heavy atom. The van der Waals surface area contributed by atoms with Crippen molar-refractivity contribution in [1.29, 1.82) is 0 Å². The van der Waals surface area contributed by atoms with Crippen molar-refractivity contribution in [3.63, 3.8) is 0 Å². The molecule has 2 aromatic heterocycles. The van der Waals surface area contributed by atoms with Crippen LogP contribution in [0.15, 0.2) is 36.9 Å². The minimum Gasteiger partial charge on any atom is -0.340 e. The minimum absolute atomic E-state index is 0.0480. The van der Waals surface area contributed by atoms with E-state index in [0.29, 0.717) is 17.4 Å². The molecule has 0 bridgehead atoms. The number of rotatable bonds is 2. The molecule has 0 N–H and O–H groups in total. The summed E-state index contributed by atoms with van der Waals surface area (Å²) in [5.41, 5.74) is 0.609. The zero-order valence-corrected chi connectivity index (χ0v) is 12.0. The fourth-order valence-corrected chi connectivity index (χ4v) is 3.38. The second-order valence-electron chi connectivity index (χ2n) is 5.82. The molecule has 2 atom stereocenters. The normalized spacial score (nSPS) is 23.6. The number of anilines is 1. The molecule has 0 unspecified atom stereocenters. The first kappa shape index (κ1) is 13.1. The van der Waals surface area contributed by atoms with E-state index in [-0.39, 0.29) is 5.91 Å². The number of nitrogens with zero attached hydrogens (tertiary/aromatic N) is 6. The first-order chi connectivity index (χ1) is 10.8. The average molecular weight is 296 g/mol. The van der Waals surface area contributed by atoms with Crippen molar-refractivity contribution in [3.8, 4) is 0 Å². The summed E-state index contributed by atoms with van der Waals surface area (Å²) < 4.78 is 0. The minimum atomic E-state index is 0.0480. The van der Waals surface area contributed by atoms with Gasteiger partial charge < -0.3 is 9.80 Å². The molecule has 2 aromatic rings. The summed E-state index contributed by atoms with van der Waals surface area (Å²) in [7, 11) is 0. The highest BCUT2D eigenvalue weighted by Crippen LogP contribution is 2.33. The van der Waals surface area contributed by atoms with Gasteiger partial charge in [-0.15, -0.1) is 0 Å². The number of fused-ring (bicyclic) bond motifs is 1. The van der Waals surface area contributed by atoms with Gasteiger partial charge in [-0.2, -0.15) is 10.2 Å². The standard InChI is InChI=1S/C15H16N6O/c22-14(11-2-5-18-19-6-11)20-7-12-9-21(10-13(12)8-20)15-16-3-1-4-17-15/h1-6,12-13H,7-10H2/t12-,13-/m0/s1. The summed E-state index contributed by atoms with van der Waals surface area (Å²) in [6.45, 7) is 3.39. The van der Waals surface area contributed by atoms with Crippen LogP contribution < -0.4 is 4.90 Å². The molecule has 0 aliphatic carbocycles. The van der Waals surface area contributed by atoms with Crippen molar-refractivity contribution < 1.29 is 4.79 Å². The van der Waals surface area contributed by atoms with E-state index in [1.54, 1.807) is 24.7 Å². The summed E-state index contributed by atoms with van der Waals surface area (Å²) in [6, 6.07) is 3.54. The monoisotopic (exact) mass is 296 g/mol. The molecule has 1 amide bonds. The first-order valence-corrected chi connectivity index (χ1v) is 7.39. The van der Waals surface area contributed by atoms with Gasteiger partial charge in [-0.25, -0.2) is 9.97 Å². The Bertz CT molecular complexity index is 650. The number of carbonyl (C=O) groups is 1. The summed E-state index contributed by atoms with van der Waals surface area (Å²) in [5, 5.41) is 7.49. The topological polar surface area (TPSA) is 75.1 Å². The van der Waals surface area contributed by atoms with Gasteiger partial charge in [0.15, 0.2) is 0 Å². The predicted octanol–water partition coefficient (Wildman–Crippen LogP) is 0.475. The number of hydrogen-bond donors (Lipinski definition) is 0. The molecule has 7 heteroatoms. The molecule has 0 radical (unpaired) electrons. The largest absolute Gasteiger partial charge is 0.340 e. The Kier molecular flexibility index (Phi) is 3.17. The van der Waals surface area contributed by atoms with Gasteiger partial charge in [0, 0.05) is 50.4 Å². The Hall–Kier alpha value is -2.57. The van der Waals surface area contributed by atoms with Gasteiger partial charge in [0.05, 0.1) is 18.0 Å². The third kappa shape index (κ3) is 2.28. The number of carbonyl (C=O) groups excluding carboxylic acids is 1. The molecule has 2 fully saturated rings. The second kappa shape index (κ2) is 5.32. The molecule has 4 heterocycles. The van der Waals surface area contributed by atoms with Crippen molar-refractivity contribution in [2.75, 3.05) is 31.1 Å². The molecule has 0 spiro atoms. The average Bonchev–Trinajstić information content (AvgIpc) is 3.15. The molecule has 2 aliphatic rings. The van der Waals surface area contributed by atoms with E-state index in [1.807, 2.05) is 11.0 Å². The molecular weight excluding hydrogens is 280 g/mol. The fraction of sp³-hybridized carbons (Fsp3) is 0.400. The van der Waals surface area contributed by atoms with E-state index in [2.05, 4.69) is 25.1 Å². The Morgan fingerprint density at radius 2 is 1.73 bits per heavy atom. The van der Waals surface area contributed by atoms with Gasteiger partial charge >= 0.3 is 0 Å². The summed E-state index contributed by atoms with van der Waals surface area (Å²) in [5.74, 6) is 1.81. The molecule has 7 nitrogen and oxygen atoms in total. The van der Waals surface area contributed by atoms with Gasteiger partial charge in [0.2, 0.25) is 5.95 Å². The van der Waals surface area contributed by atoms with Crippen molar-refractivity contribution in [1.82, 2.24) is 25.1 Å². The maximum Gasteiger partial charge on any atom is 0.255 e. The Morgan fingerprint density at radius 3 is 2.36 bits per heavy atom. The van der Waals surface area contributed by atoms with Gasteiger partial charge in [-0.1, -0.05) is 0 Å². The van der Waals surface area contributed by atoms with Crippen LogP contribution in [-0.4, -0.2) is 57.2 Å².